The first-order valence-electron chi connectivity index (χ1n) is 6.56. The highest BCUT2D eigenvalue weighted by atomic mass is 35.5. The molecular formula is C15H13ClFNO2S. The molecule has 1 heterocycles. The van der Waals surface area contributed by atoms with Crippen LogP contribution in [0.2, 0.25) is 5.02 Å². The van der Waals surface area contributed by atoms with Crippen LogP contribution in [0.15, 0.2) is 47.4 Å². The number of rotatable bonds is 2. The van der Waals surface area contributed by atoms with E-state index in [1.807, 2.05) is 0 Å². The molecule has 0 bridgehead atoms. The van der Waals surface area contributed by atoms with E-state index in [1.54, 1.807) is 24.3 Å². The van der Waals surface area contributed by atoms with E-state index in [0.717, 1.165) is 4.31 Å². The van der Waals surface area contributed by atoms with Gasteiger partial charge in [0.1, 0.15) is 10.7 Å². The van der Waals surface area contributed by atoms with Gasteiger partial charge in [0.15, 0.2) is 0 Å². The Bertz CT molecular complexity index is 792. The zero-order valence-corrected chi connectivity index (χ0v) is 12.7. The van der Waals surface area contributed by atoms with Gasteiger partial charge in [-0.1, -0.05) is 35.9 Å². The van der Waals surface area contributed by atoms with Crippen LogP contribution in [0.3, 0.4) is 0 Å². The van der Waals surface area contributed by atoms with E-state index < -0.39 is 15.8 Å². The minimum absolute atomic E-state index is 0.00256. The molecule has 21 heavy (non-hydrogen) atoms. The van der Waals surface area contributed by atoms with Crippen LogP contribution in [0.25, 0.3) is 0 Å². The summed E-state index contributed by atoms with van der Waals surface area (Å²) in [7, 11) is -3.87. The number of aryl methyl sites for hydroxylation is 1. The summed E-state index contributed by atoms with van der Waals surface area (Å²) < 4.78 is 40.9. The van der Waals surface area contributed by atoms with Gasteiger partial charge in [0.2, 0.25) is 0 Å². The Morgan fingerprint density at radius 3 is 2.62 bits per heavy atom. The van der Waals surface area contributed by atoms with E-state index in [4.69, 9.17) is 11.6 Å². The first-order chi connectivity index (χ1) is 10.0. The number of hydrogen-bond acceptors (Lipinski definition) is 2. The SMILES string of the molecule is O=S(=O)(c1ccccc1Cl)N1CCCc2cccc(F)c21. The summed E-state index contributed by atoms with van der Waals surface area (Å²) in [6, 6.07) is 10.8. The van der Waals surface area contributed by atoms with Gasteiger partial charge < -0.3 is 0 Å². The van der Waals surface area contributed by atoms with E-state index in [1.165, 1.54) is 18.2 Å². The van der Waals surface area contributed by atoms with Crippen molar-refractivity contribution in [3.63, 3.8) is 0 Å². The fourth-order valence-corrected chi connectivity index (χ4v) is 4.62. The van der Waals surface area contributed by atoms with Gasteiger partial charge in [-0.2, -0.15) is 0 Å². The third kappa shape index (κ3) is 2.40. The molecule has 2 aromatic rings. The van der Waals surface area contributed by atoms with E-state index in [2.05, 4.69) is 0 Å². The minimum atomic E-state index is -3.87. The Morgan fingerprint density at radius 1 is 1.10 bits per heavy atom. The van der Waals surface area contributed by atoms with Gasteiger partial charge in [-0.3, -0.25) is 4.31 Å². The van der Waals surface area contributed by atoms with Gasteiger partial charge in [0, 0.05) is 6.54 Å². The Morgan fingerprint density at radius 2 is 1.86 bits per heavy atom. The largest absolute Gasteiger partial charge is 0.265 e. The second kappa shape index (κ2) is 5.31. The van der Waals surface area contributed by atoms with Crippen molar-refractivity contribution in [3.8, 4) is 0 Å². The fraction of sp³-hybridized carbons (Fsp3) is 0.200. The monoisotopic (exact) mass is 325 g/mol. The summed E-state index contributed by atoms with van der Waals surface area (Å²) in [6.07, 6.45) is 1.32. The smallest absolute Gasteiger partial charge is 0.263 e. The van der Waals surface area contributed by atoms with E-state index in [0.29, 0.717) is 18.4 Å². The molecule has 0 aliphatic carbocycles. The van der Waals surface area contributed by atoms with Crippen LogP contribution in [-0.2, 0) is 16.4 Å². The third-order valence-electron chi connectivity index (χ3n) is 3.53. The summed E-state index contributed by atoms with van der Waals surface area (Å²) in [6.45, 7) is 0.251. The van der Waals surface area contributed by atoms with Gasteiger partial charge in [-0.05, 0) is 36.6 Å². The number of fused-ring (bicyclic) bond motifs is 1. The van der Waals surface area contributed by atoms with Crippen molar-refractivity contribution in [3.05, 3.63) is 58.9 Å². The van der Waals surface area contributed by atoms with E-state index in [-0.39, 0.29) is 22.2 Å². The van der Waals surface area contributed by atoms with Crippen molar-refractivity contribution in [2.45, 2.75) is 17.7 Å². The molecular weight excluding hydrogens is 313 g/mol. The lowest BCUT2D eigenvalue weighted by Gasteiger charge is -2.31. The molecule has 0 radical (unpaired) electrons. The number of para-hydroxylation sites is 1. The molecule has 0 saturated carbocycles. The predicted molar refractivity (Wildman–Crippen MR) is 80.7 cm³/mol. The van der Waals surface area contributed by atoms with Crippen LogP contribution in [0.5, 0.6) is 0 Å². The van der Waals surface area contributed by atoms with Crippen molar-refractivity contribution in [1.82, 2.24) is 0 Å². The van der Waals surface area contributed by atoms with Crippen molar-refractivity contribution >= 4 is 27.3 Å². The Balaban J connectivity index is 2.17. The lowest BCUT2D eigenvalue weighted by atomic mass is 10.0. The molecule has 3 nitrogen and oxygen atoms in total. The fourth-order valence-electron chi connectivity index (χ4n) is 2.58. The maximum atomic E-state index is 14.1. The average molecular weight is 326 g/mol. The second-order valence-corrected chi connectivity index (χ2v) is 7.10. The van der Waals surface area contributed by atoms with Crippen molar-refractivity contribution in [2.75, 3.05) is 10.8 Å². The van der Waals surface area contributed by atoms with Crippen LogP contribution in [-0.4, -0.2) is 15.0 Å². The number of halogens is 2. The highest BCUT2D eigenvalue weighted by Gasteiger charge is 2.32. The third-order valence-corrected chi connectivity index (χ3v) is 5.83. The molecule has 0 N–H and O–H groups in total. The van der Waals surface area contributed by atoms with Gasteiger partial charge in [0.25, 0.3) is 10.0 Å². The Labute approximate surface area is 128 Å². The maximum absolute atomic E-state index is 14.1. The first-order valence-corrected chi connectivity index (χ1v) is 8.38. The molecule has 1 aliphatic heterocycles. The Hall–Kier alpha value is -1.59. The second-order valence-electron chi connectivity index (χ2n) is 4.86. The molecule has 0 saturated heterocycles. The van der Waals surface area contributed by atoms with Gasteiger partial charge in [-0.15, -0.1) is 0 Å². The van der Waals surface area contributed by atoms with Crippen LogP contribution in [0, 0.1) is 5.82 Å². The first kappa shape index (κ1) is 14.4. The van der Waals surface area contributed by atoms with E-state index in [9.17, 15) is 12.8 Å². The van der Waals surface area contributed by atoms with Crippen LogP contribution in [0.1, 0.15) is 12.0 Å². The van der Waals surface area contributed by atoms with Crippen LogP contribution >= 0.6 is 11.6 Å². The number of nitrogens with zero attached hydrogens (tertiary/aromatic N) is 1. The normalized spacial score (nSPS) is 14.9. The Kier molecular flexibility index (Phi) is 3.63. The lowest BCUT2D eigenvalue weighted by molar-refractivity contribution is 0.577. The molecule has 0 spiro atoms. The number of hydrogen-bond donors (Lipinski definition) is 0. The molecule has 0 fully saturated rings. The summed E-state index contributed by atoms with van der Waals surface area (Å²) in [4.78, 5) is 0.00256. The highest BCUT2D eigenvalue weighted by Crippen LogP contribution is 2.35. The summed E-state index contributed by atoms with van der Waals surface area (Å²) in [5.74, 6) is -0.525. The summed E-state index contributed by atoms with van der Waals surface area (Å²) >= 11 is 6.00. The van der Waals surface area contributed by atoms with Crippen LogP contribution < -0.4 is 4.31 Å². The average Bonchev–Trinajstić information content (AvgIpc) is 2.47. The standard InChI is InChI=1S/C15H13ClFNO2S/c16-12-7-1-2-9-14(12)21(19,20)18-10-4-6-11-5-3-8-13(17)15(11)18/h1-3,5,7-9H,4,6,10H2. The molecule has 2 aromatic carbocycles. The molecule has 0 amide bonds. The highest BCUT2D eigenvalue weighted by molar-refractivity contribution is 7.93. The summed E-state index contributed by atoms with van der Waals surface area (Å²) in [5, 5.41) is 0.140. The quantitative estimate of drug-likeness (QED) is 0.845. The molecule has 0 unspecified atom stereocenters. The minimum Gasteiger partial charge on any atom is -0.263 e. The van der Waals surface area contributed by atoms with Crippen molar-refractivity contribution < 1.29 is 12.8 Å². The molecule has 110 valence electrons. The molecule has 0 atom stereocenters. The number of anilines is 1. The zero-order valence-electron chi connectivity index (χ0n) is 11.1. The van der Waals surface area contributed by atoms with Crippen molar-refractivity contribution in [2.24, 2.45) is 0 Å². The molecule has 0 aromatic heterocycles. The van der Waals surface area contributed by atoms with Crippen molar-refractivity contribution in [1.29, 1.82) is 0 Å². The lowest BCUT2D eigenvalue weighted by Crippen LogP contribution is -2.36. The maximum Gasteiger partial charge on any atom is 0.265 e. The molecule has 1 aliphatic rings. The predicted octanol–water partition coefficient (Wildman–Crippen LogP) is 3.62. The van der Waals surface area contributed by atoms with Gasteiger partial charge in [-0.25, -0.2) is 12.8 Å². The zero-order chi connectivity index (χ0) is 15.0. The number of benzene rings is 2. The number of sulfonamides is 1. The van der Waals surface area contributed by atoms with Gasteiger partial charge in [0.05, 0.1) is 10.7 Å². The topological polar surface area (TPSA) is 37.4 Å². The molecule has 3 rings (SSSR count). The van der Waals surface area contributed by atoms with Gasteiger partial charge >= 0.3 is 0 Å². The van der Waals surface area contributed by atoms with E-state index >= 15 is 0 Å². The summed E-state index contributed by atoms with van der Waals surface area (Å²) in [5.41, 5.74) is 0.848. The van der Waals surface area contributed by atoms with Crippen LogP contribution in [0.4, 0.5) is 10.1 Å². The molecule has 6 heteroatoms.